The van der Waals surface area contributed by atoms with Crippen molar-refractivity contribution in [1.82, 2.24) is 0 Å². The number of aliphatic hydroxyl groups excluding tert-OH is 1. The third-order valence-electron chi connectivity index (χ3n) is 6.93. The van der Waals surface area contributed by atoms with E-state index in [-0.39, 0.29) is 0 Å². The van der Waals surface area contributed by atoms with Gasteiger partial charge in [0.2, 0.25) is 0 Å². The largest absolute Gasteiger partial charge is 0.480 e. The van der Waals surface area contributed by atoms with Crippen LogP contribution in [0.1, 0.15) is 62.5 Å². The highest BCUT2D eigenvalue weighted by Gasteiger charge is 2.49. The van der Waals surface area contributed by atoms with Crippen LogP contribution in [0.4, 0.5) is 0 Å². The van der Waals surface area contributed by atoms with Crippen LogP contribution in [0, 0.1) is 17.3 Å². The molecule has 138 valence electrons. The molecule has 1 aromatic carbocycles. The quantitative estimate of drug-likeness (QED) is 0.768. The smallest absolute Gasteiger partial charge is 0.322 e. The first-order valence-corrected chi connectivity index (χ1v) is 9.63. The van der Waals surface area contributed by atoms with Gasteiger partial charge >= 0.3 is 5.97 Å². The molecule has 5 atom stereocenters. The van der Waals surface area contributed by atoms with E-state index in [1.165, 1.54) is 44.9 Å². The van der Waals surface area contributed by atoms with Crippen LogP contribution in [-0.4, -0.2) is 28.8 Å². The summed E-state index contributed by atoms with van der Waals surface area (Å²) >= 11 is 0. The van der Waals surface area contributed by atoms with Crippen molar-refractivity contribution in [3.8, 4) is 0 Å². The number of hydrogen-bond donors (Lipinski definition) is 3. The molecule has 2 fully saturated rings. The maximum absolute atomic E-state index is 9.65. The molecular weight excluding hydrogens is 314 g/mol. The molecule has 0 spiro atoms. The van der Waals surface area contributed by atoms with E-state index >= 15 is 0 Å². The average Bonchev–Trinajstić information content (AvgIpc) is 3.03. The molecule has 0 radical (unpaired) electrons. The predicted molar refractivity (Wildman–Crippen MR) is 98.4 cm³/mol. The van der Waals surface area contributed by atoms with Crippen LogP contribution >= 0.6 is 0 Å². The van der Waals surface area contributed by atoms with Crippen molar-refractivity contribution < 1.29 is 15.0 Å². The van der Waals surface area contributed by atoms with E-state index in [2.05, 4.69) is 31.2 Å². The molecule has 0 amide bonds. The maximum Gasteiger partial charge on any atom is 0.322 e. The Balaban J connectivity index is 0.000000225. The Kier molecular flexibility index (Phi) is 5.49. The highest BCUT2D eigenvalue weighted by atomic mass is 16.4. The maximum atomic E-state index is 9.65. The monoisotopic (exact) mass is 345 g/mol. The lowest BCUT2D eigenvalue weighted by Gasteiger charge is -2.49. The number of rotatable bonds is 2. The third-order valence-corrected chi connectivity index (χ3v) is 6.93. The molecule has 4 heteroatoms. The van der Waals surface area contributed by atoms with Gasteiger partial charge in [-0.15, -0.1) is 0 Å². The van der Waals surface area contributed by atoms with Gasteiger partial charge in [0, 0.05) is 0 Å². The fraction of sp³-hybridized carbons (Fsp3) is 0.667. The van der Waals surface area contributed by atoms with Crippen molar-refractivity contribution in [2.45, 2.75) is 63.8 Å². The van der Waals surface area contributed by atoms with Crippen molar-refractivity contribution >= 4 is 5.97 Å². The summed E-state index contributed by atoms with van der Waals surface area (Å²) in [5.41, 5.74) is 8.83. The molecule has 0 heterocycles. The minimum atomic E-state index is -1.18. The molecule has 0 aromatic heterocycles. The lowest BCUT2D eigenvalue weighted by molar-refractivity contribution is -0.139. The van der Waals surface area contributed by atoms with Gasteiger partial charge < -0.3 is 15.9 Å². The van der Waals surface area contributed by atoms with Crippen molar-refractivity contribution in [1.29, 1.82) is 0 Å². The second-order valence-corrected chi connectivity index (χ2v) is 8.33. The normalized spacial score (nSPS) is 34.0. The van der Waals surface area contributed by atoms with Crippen LogP contribution in [0.15, 0.2) is 24.3 Å². The van der Waals surface area contributed by atoms with Crippen LogP contribution in [0.25, 0.3) is 0 Å². The van der Waals surface area contributed by atoms with E-state index in [0.717, 1.165) is 17.8 Å². The number of aryl methyl sites for hydroxylation is 1. The number of carbonyl (C=O) groups is 1. The van der Waals surface area contributed by atoms with Crippen LogP contribution in [0.3, 0.4) is 0 Å². The van der Waals surface area contributed by atoms with E-state index in [0.29, 0.717) is 5.41 Å². The SMILES string of the molecule is C[C@@]12CCC[C@H]1[C@@H]1CCc3ccccc3[C@H]1CC2.N[C@@H](CO)C(=O)O. The van der Waals surface area contributed by atoms with Gasteiger partial charge in [-0.25, -0.2) is 0 Å². The zero-order chi connectivity index (χ0) is 18.0. The minimum Gasteiger partial charge on any atom is -0.480 e. The van der Waals surface area contributed by atoms with Gasteiger partial charge in [-0.1, -0.05) is 37.6 Å². The molecule has 2 saturated carbocycles. The summed E-state index contributed by atoms with van der Waals surface area (Å²) in [6, 6.07) is 8.14. The number of hydrogen-bond acceptors (Lipinski definition) is 3. The molecule has 1 aromatic rings. The molecule has 0 saturated heterocycles. The number of carboxylic acid groups (broad SMARTS) is 1. The Hall–Kier alpha value is -1.39. The molecule has 0 unspecified atom stereocenters. The lowest BCUT2D eigenvalue weighted by Crippen LogP contribution is -2.39. The third kappa shape index (κ3) is 3.61. The van der Waals surface area contributed by atoms with E-state index in [9.17, 15) is 4.79 Å². The summed E-state index contributed by atoms with van der Waals surface area (Å²) in [4.78, 5) is 9.65. The zero-order valence-electron chi connectivity index (χ0n) is 15.2. The summed E-state index contributed by atoms with van der Waals surface area (Å²) < 4.78 is 0. The van der Waals surface area contributed by atoms with Crippen molar-refractivity contribution in [2.75, 3.05) is 6.61 Å². The van der Waals surface area contributed by atoms with Crippen molar-refractivity contribution in [3.63, 3.8) is 0 Å². The second-order valence-electron chi connectivity index (χ2n) is 8.33. The standard InChI is InChI=1S/C18H24.C3H7NO3/c1-18-11-4-7-17(18)16-9-8-13-5-2-3-6-14(13)15(16)10-12-18;4-2(1-5)3(6)7/h2-3,5-6,15-17H,4,7-12H2,1H3;2,5H,1,4H2,(H,6,7)/t15-,16-,17+,18+;2-/m10/s1. The molecule has 4 rings (SSSR count). The molecular formula is C21H31NO3. The second kappa shape index (κ2) is 7.46. The van der Waals surface area contributed by atoms with Gasteiger partial charge in [-0.3, -0.25) is 4.79 Å². The number of fused-ring (bicyclic) bond motifs is 5. The molecule has 0 bridgehead atoms. The number of carboxylic acids is 1. The first-order chi connectivity index (χ1) is 12.0. The average molecular weight is 345 g/mol. The summed E-state index contributed by atoms with van der Waals surface area (Å²) in [6.45, 7) is 2.08. The summed E-state index contributed by atoms with van der Waals surface area (Å²) in [5.74, 6) is 1.75. The van der Waals surface area contributed by atoms with Crippen LogP contribution in [0.2, 0.25) is 0 Å². The van der Waals surface area contributed by atoms with Gasteiger partial charge in [0.1, 0.15) is 6.04 Å². The number of aliphatic hydroxyl groups is 1. The number of nitrogens with two attached hydrogens (primary N) is 1. The Morgan fingerprint density at radius 3 is 2.72 bits per heavy atom. The Labute approximate surface area is 150 Å². The molecule has 4 N–H and O–H groups in total. The van der Waals surface area contributed by atoms with Gasteiger partial charge in [0.25, 0.3) is 0 Å². The highest BCUT2D eigenvalue weighted by molar-refractivity contribution is 5.73. The van der Waals surface area contributed by atoms with Gasteiger partial charge in [0.05, 0.1) is 6.61 Å². The molecule has 25 heavy (non-hydrogen) atoms. The number of benzene rings is 1. The summed E-state index contributed by atoms with van der Waals surface area (Å²) in [5, 5.41) is 15.9. The van der Waals surface area contributed by atoms with Crippen molar-refractivity contribution in [3.05, 3.63) is 35.4 Å². The zero-order valence-corrected chi connectivity index (χ0v) is 15.2. The molecule has 3 aliphatic rings. The first kappa shape index (κ1) is 18.4. The van der Waals surface area contributed by atoms with Crippen molar-refractivity contribution in [2.24, 2.45) is 23.0 Å². The predicted octanol–water partition coefficient (Wildman–Crippen LogP) is 3.32. The van der Waals surface area contributed by atoms with E-state index in [1.807, 2.05) is 0 Å². The molecule has 4 nitrogen and oxygen atoms in total. The summed E-state index contributed by atoms with van der Waals surface area (Å²) in [6.07, 6.45) is 10.2. The fourth-order valence-electron chi connectivity index (χ4n) is 5.59. The highest BCUT2D eigenvalue weighted by Crippen LogP contribution is 2.60. The Morgan fingerprint density at radius 2 is 2.04 bits per heavy atom. The summed E-state index contributed by atoms with van der Waals surface area (Å²) in [7, 11) is 0. The van der Waals surface area contributed by atoms with E-state index < -0.39 is 18.6 Å². The topological polar surface area (TPSA) is 83.5 Å². The Morgan fingerprint density at radius 1 is 1.28 bits per heavy atom. The first-order valence-electron chi connectivity index (χ1n) is 9.63. The fourth-order valence-corrected chi connectivity index (χ4v) is 5.59. The van der Waals surface area contributed by atoms with Crippen LogP contribution < -0.4 is 5.73 Å². The van der Waals surface area contributed by atoms with Crippen LogP contribution in [0.5, 0.6) is 0 Å². The molecule has 3 aliphatic carbocycles. The minimum absolute atomic E-state index is 0.505. The molecule has 0 aliphatic heterocycles. The number of aliphatic carboxylic acids is 1. The van der Waals surface area contributed by atoms with Crippen LogP contribution in [-0.2, 0) is 11.2 Å². The van der Waals surface area contributed by atoms with E-state index in [4.69, 9.17) is 15.9 Å². The Bertz CT molecular complexity index is 617. The van der Waals surface area contributed by atoms with E-state index in [1.54, 1.807) is 11.1 Å². The van der Waals surface area contributed by atoms with Gasteiger partial charge in [-0.05, 0) is 72.8 Å². The van der Waals surface area contributed by atoms with Gasteiger partial charge in [0.15, 0.2) is 0 Å². The van der Waals surface area contributed by atoms with Gasteiger partial charge in [-0.2, -0.15) is 0 Å². The lowest BCUT2D eigenvalue weighted by atomic mass is 9.56.